The Morgan fingerprint density at radius 3 is 2.67 bits per heavy atom. The van der Waals surface area contributed by atoms with Crippen molar-refractivity contribution in [1.82, 2.24) is 25.1 Å². The second kappa shape index (κ2) is 12.7. The summed E-state index contributed by atoms with van der Waals surface area (Å²) in [7, 11) is 0. The molecule has 3 aromatic heterocycles. The van der Waals surface area contributed by atoms with E-state index in [1.165, 1.54) is 0 Å². The topological polar surface area (TPSA) is 128 Å². The maximum absolute atomic E-state index is 13.1. The summed E-state index contributed by atoms with van der Waals surface area (Å²) in [5.74, 6) is -0.365. The molecule has 1 aromatic carbocycles. The highest BCUT2D eigenvalue weighted by Gasteiger charge is 2.31. The SMILES string of the molecule is Nc1ncc2c3c1c(-c1ccc(C(=O)Nc4cc(C(F)(F)F)ccn4)cc1)nn3[C@@H]1CCC[C@H](C1)NC(=O)CCCCC/C=C/2. The Bertz CT molecular complexity index is 1750. The van der Waals surface area contributed by atoms with E-state index in [1.807, 2.05) is 4.68 Å². The number of rotatable bonds is 3. The zero-order valence-corrected chi connectivity index (χ0v) is 24.6. The van der Waals surface area contributed by atoms with E-state index in [2.05, 4.69) is 32.8 Å². The third-order valence-electron chi connectivity index (χ3n) is 8.46. The number of carbonyl (C=O) groups is 2. The van der Waals surface area contributed by atoms with Gasteiger partial charge >= 0.3 is 6.18 Å². The van der Waals surface area contributed by atoms with Crippen molar-refractivity contribution in [3.63, 3.8) is 0 Å². The minimum absolute atomic E-state index is 0.0318. The van der Waals surface area contributed by atoms with Crippen LogP contribution in [0, 0.1) is 0 Å². The number of nitrogen functional groups attached to an aromatic ring is 1. The molecule has 4 aromatic rings. The van der Waals surface area contributed by atoms with Gasteiger partial charge in [-0.05, 0) is 69.2 Å². The summed E-state index contributed by atoms with van der Waals surface area (Å²) < 4.78 is 41.3. The van der Waals surface area contributed by atoms with Gasteiger partial charge in [-0.25, -0.2) is 9.97 Å². The second-order valence-corrected chi connectivity index (χ2v) is 11.7. The Kier molecular flexibility index (Phi) is 8.55. The minimum Gasteiger partial charge on any atom is -0.383 e. The fourth-order valence-electron chi connectivity index (χ4n) is 6.20. The first-order chi connectivity index (χ1) is 21.7. The van der Waals surface area contributed by atoms with Crippen molar-refractivity contribution in [3.8, 4) is 11.3 Å². The number of nitrogens with one attached hydrogen (secondary N) is 2. The van der Waals surface area contributed by atoms with E-state index in [0.29, 0.717) is 28.9 Å². The van der Waals surface area contributed by atoms with E-state index in [0.717, 1.165) is 80.8 Å². The van der Waals surface area contributed by atoms with Crippen molar-refractivity contribution in [3.05, 3.63) is 71.6 Å². The van der Waals surface area contributed by atoms with Crippen LogP contribution in [0.4, 0.5) is 24.8 Å². The molecule has 0 radical (unpaired) electrons. The molecule has 234 valence electrons. The van der Waals surface area contributed by atoms with Gasteiger partial charge in [-0.2, -0.15) is 18.3 Å². The van der Waals surface area contributed by atoms with Crippen LogP contribution >= 0.6 is 0 Å². The van der Waals surface area contributed by atoms with Gasteiger partial charge in [-0.3, -0.25) is 14.3 Å². The summed E-state index contributed by atoms with van der Waals surface area (Å²) in [6.45, 7) is 0. The van der Waals surface area contributed by atoms with Crippen molar-refractivity contribution < 1.29 is 22.8 Å². The summed E-state index contributed by atoms with van der Waals surface area (Å²) in [5.41, 5.74) is 8.93. The number of anilines is 2. The number of pyridine rings is 2. The van der Waals surface area contributed by atoms with E-state index in [1.54, 1.807) is 30.5 Å². The molecule has 4 heterocycles. The van der Waals surface area contributed by atoms with Gasteiger partial charge in [-0.15, -0.1) is 0 Å². The van der Waals surface area contributed by atoms with Crippen molar-refractivity contribution in [1.29, 1.82) is 0 Å². The van der Waals surface area contributed by atoms with Crippen LogP contribution in [0.5, 0.6) is 0 Å². The third kappa shape index (κ3) is 6.69. The van der Waals surface area contributed by atoms with E-state index in [4.69, 9.17) is 10.8 Å². The average Bonchev–Trinajstić information content (AvgIpc) is 3.43. The highest BCUT2D eigenvalue weighted by atomic mass is 19.4. The zero-order valence-electron chi connectivity index (χ0n) is 24.6. The summed E-state index contributed by atoms with van der Waals surface area (Å²) >= 11 is 0. The van der Waals surface area contributed by atoms with Gasteiger partial charge < -0.3 is 16.4 Å². The number of hydrogen-bond acceptors (Lipinski definition) is 6. The highest BCUT2D eigenvalue weighted by Crippen LogP contribution is 2.39. The lowest BCUT2D eigenvalue weighted by atomic mass is 9.90. The number of allylic oxidation sites excluding steroid dienone is 1. The lowest BCUT2D eigenvalue weighted by Gasteiger charge is -2.30. The van der Waals surface area contributed by atoms with Crippen molar-refractivity contribution in [2.45, 2.75) is 76.0 Å². The molecule has 2 aliphatic rings. The van der Waals surface area contributed by atoms with E-state index < -0.39 is 17.6 Å². The van der Waals surface area contributed by atoms with E-state index in [9.17, 15) is 22.8 Å². The van der Waals surface area contributed by atoms with Crippen LogP contribution in [0.2, 0.25) is 0 Å². The molecule has 1 fully saturated rings. The van der Waals surface area contributed by atoms with E-state index in [-0.39, 0.29) is 29.4 Å². The molecule has 2 bridgehead atoms. The predicted molar refractivity (Wildman–Crippen MR) is 166 cm³/mol. The first-order valence-corrected chi connectivity index (χ1v) is 15.2. The molecular weight excluding hydrogens is 583 g/mol. The van der Waals surface area contributed by atoms with Crippen LogP contribution in [0.25, 0.3) is 28.2 Å². The molecule has 0 saturated heterocycles. The Morgan fingerprint density at radius 1 is 1.04 bits per heavy atom. The first-order valence-electron chi connectivity index (χ1n) is 15.2. The second-order valence-electron chi connectivity index (χ2n) is 11.7. The number of halogens is 3. The molecule has 4 N–H and O–H groups in total. The summed E-state index contributed by atoms with van der Waals surface area (Å²) in [6, 6.07) is 8.37. The molecule has 45 heavy (non-hydrogen) atoms. The van der Waals surface area contributed by atoms with Gasteiger partial charge in [-0.1, -0.05) is 30.7 Å². The molecule has 12 heteroatoms. The molecular formula is C33H34F3N7O2. The monoisotopic (exact) mass is 617 g/mol. The standard InChI is InChI=1S/C33H34F3N7O2/c34-33(35,36)23-15-16-38-26(17-23)41-32(45)21-13-11-20(12-14-21)29-28-30-22(19-39-31(28)37)7-4-2-1-3-5-10-27(44)40-24-8-6-9-25(18-24)43(30)42-29/h4,7,11-17,19,24-25H,1-3,5-6,8-10,18H2,(H2,37,39)(H,40,44)(H,38,41,45)/b7-4+/t24-,25-/m1/s1. The number of amides is 2. The average molecular weight is 618 g/mol. The van der Waals surface area contributed by atoms with Gasteiger partial charge in [0.1, 0.15) is 17.3 Å². The Labute approximate surface area is 258 Å². The van der Waals surface area contributed by atoms with Crippen molar-refractivity contribution in [2.75, 3.05) is 11.1 Å². The highest BCUT2D eigenvalue weighted by molar-refractivity contribution is 6.06. The Hall–Kier alpha value is -4.74. The molecule has 0 spiro atoms. The molecule has 2 amide bonds. The van der Waals surface area contributed by atoms with Crippen molar-refractivity contribution in [2.24, 2.45) is 0 Å². The van der Waals surface area contributed by atoms with Gasteiger partial charge in [0.25, 0.3) is 5.91 Å². The molecule has 9 nitrogen and oxygen atoms in total. The van der Waals surface area contributed by atoms with Crippen LogP contribution in [0.3, 0.4) is 0 Å². The number of carbonyl (C=O) groups excluding carboxylic acids is 2. The quantitative estimate of drug-likeness (QED) is 0.229. The normalized spacial score (nSPS) is 20.1. The number of nitrogens with zero attached hydrogens (tertiary/aromatic N) is 4. The fourth-order valence-corrected chi connectivity index (χ4v) is 6.20. The summed E-state index contributed by atoms with van der Waals surface area (Å²) in [5, 5.41) is 11.5. The number of benzene rings is 1. The molecule has 1 aliphatic carbocycles. The largest absolute Gasteiger partial charge is 0.416 e. The molecule has 6 rings (SSSR count). The number of aromatic nitrogens is 4. The van der Waals surface area contributed by atoms with Gasteiger partial charge in [0.2, 0.25) is 5.91 Å². The maximum Gasteiger partial charge on any atom is 0.416 e. The van der Waals surface area contributed by atoms with Crippen LogP contribution in [-0.2, 0) is 11.0 Å². The lowest BCUT2D eigenvalue weighted by molar-refractivity contribution is -0.137. The minimum atomic E-state index is -4.55. The number of fused-ring (bicyclic) bond motifs is 3. The Balaban J connectivity index is 1.35. The molecule has 0 unspecified atom stereocenters. The Morgan fingerprint density at radius 2 is 1.87 bits per heavy atom. The van der Waals surface area contributed by atoms with E-state index >= 15 is 0 Å². The third-order valence-corrected chi connectivity index (χ3v) is 8.46. The number of nitrogens with two attached hydrogens (primary N) is 1. The molecule has 1 saturated carbocycles. The predicted octanol–water partition coefficient (Wildman–Crippen LogP) is 6.92. The molecule has 2 atom stereocenters. The van der Waals surface area contributed by atoms with Crippen LogP contribution < -0.4 is 16.4 Å². The lowest BCUT2D eigenvalue weighted by Crippen LogP contribution is -2.39. The van der Waals surface area contributed by atoms with Gasteiger partial charge in [0.15, 0.2) is 0 Å². The van der Waals surface area contributed by atoms with Crippen LogP contribution in [0.1, 0.15) is 85.3 Å². The maximum atomic E-state index is 13.1. The van der Waals surface area contributed by atoms with Gasteiger partial charge in [0.05, 0.1) is 22.5 Å². The fraction of sp³-hybridized carbons (Fsp3) is 0.364. The number of hydrogen-bond donors (Lipinski definition) is 3. The van der Waals surface area contributed by atoms with Gasteiger partial charge in [0, 0.05) is 41.5 Å². The smallest absolute Gasteiger partial charge is 0.383 e. The van der Waals surface area contributed by atoms with Crippen LogP contribution in [0.15, 0.2) is 54.9 Å². The summed E-state index contributed by atoms with van der Waals surface area (Å²) in [4.78, 5) is 33.9. The number of alkyl halides is 3. The zero-order chi connectivity index (χ0) is 31.6. The van der Waals surface area contributed by atoms with Crippen molar-refractivity contribution >= 4 is 40.4 Å². The molecule has 1 aliphatic heterocycles. The summed E-state index contributed by atoms with van der Waals surface area (Å²) in [6.07, 6.45) is 10.2. The van der Waals surface area contributed by atoms with Crippen LogP contribution in [-0.4, -0.2) is 37.6 Å². The first kappa shape index (κ1) is 30.3.